The fraction of sp³-hybridized carbons (Fsp3) is 0.333. The van der Waals surface area contributed by atoms with Gasteiger partial charge in [0.15, 0.2) is 0 Å². The second-order valence-corrected chi connectivity index (χ2v) is 2.35. The van der Waals surface area contributed by atoms with E-state index >= 15 is 0 Å². The molecule has 0 aliphatic carbocycles. The number of hydrogen-bond donors (Lipinski definition) is 1. The highest BCUT2D eigenvalue weighted by Gasteiger charge is 2.18. The largest absolute Gasteiger partial charge is 0.372 e. The van der Waals surface area contributed by atoms with E-state index < -0.39 is 0 Å². The molecule has 1 aliphatic rings. The van der Waals surface area contributed by atoms with Gasteiger partial charge in [0.05, 0.1) is 12.7 Å². The van der Waals surface area contributed by atoms with Crippen LogP contribution in [0.4, 0.5) is 0 Å². The van der Waals surface area contributed by atoms with Crippen molar-refractivity contribution in [2.45, 2.75) is 6.10 Å². The van der Waals surface area contributed by atoms with Gasteiger partial charge < -0.3 is 10.5 Å². The molecule has 2 N–H and O–H groups in total. The van der Waals surface area contributed by atoms with Crippen molar-refractivity contribution in [2.75, 3.05) is 13.2 Å². The van der Waals surface area contributed by atoms with Crippen molar-refractivity contribution in [1.29, 1.82) is 0 Å². The molecule has 1 fully saturated rings. The molecule has 1 atom stereocenters. The highest BCUT2D eigenvalue weighted by Crippen LogP contribution is 2.03. The molecule has 0 amide bonds. The molecule has 0 spiro atoms. The zero-order valence-electron chi connectivity index (χ0n) is 6.44. The van der Waals surface area contributed by atoms with E-state index in [4.69, 9.17) is 10.5 Å². The van der Waals surface area contributed by atoms with Crippen LogP contribution in [0.15, 0.2) is 36.4 Å². The normalized spacial score (nSPS) is 19.9. The quantitative estimate of drug-likeness (QED) is 0.609. The maximum atomic E-state index is 5.11. The van der Waals surface area contributed by atoms with Gasteiger partial charge in [0.25, 0.3) is 0 Å². The molecular formula is C9H13NO. The van der Waals surface area contributed by atoms with Crippen LogP contribution < -0.4 is 5.73 Å². The van der Waals surface area contributed by atoms with Crippen molar-refractivity contribution in [3.8, 4) is 0 Å². The molecule has 1 unspecified atom stereocenters. The summed E-state index contributed by atoms with van der Waals surface area (Å²) in [6.45, 7) is 1.58. The molecular weight excluding hydrogens is 138 g/mol. The van der Waals surface area contributed by atoms with Crippen LogP contribution >= 0.6 is 0 Å². The van der Waals surface area contributed by atoms with Crippen LogP contribution in [0, 0.1) is 0 Å². The van der Waals surface area contributed by atoms with Crippen LogP contribution in [-0.4, -0.2) is 19.3 Å². The number of nitrogens with two attached hydrogens (primary N) is 1. The SMILES string of the molecule is NCC1CO1.c1ccccc1. The van der Waals surface area contributed by atoms with Crippen molar-refractivity contribution < 1.29 is 4.74 Å². The average Bonchev–Trinajstić information content (AvgIpc) is 2.91. The van der Waals surface area contributed by atoms with Gasteiger partial charge in [-0.1, -0.05) is 36.4 Å². The van der Waals surface area contributed by atoms with Gasteiger partial charge in [-0.25, -0.2) is 0 Å². The Balaban J connectivity index is 0.000000112. The van der Waals surface area contributed by atoms with E-state index in [0.717, 1.165) is 6.61 Å². The summed E-state index contributed by atoms with van der Waals surface area (Å²) in [6, 6.07) is 12.0. The Bertz CT molecular complexity index is 145. The van der Waals surface area contributed by atoms with E-state index in [0.29, 0.717) is 12.6 Å². The van der Waals surface area contributed by atoms with Gasteiger partial charge in [-0.3, -0.25) is 0 Å². The van der Waals surface area contributed by atoms with E-state index in [-0.39, 0.29) is 0 Å². The number of hydrogen-bond acceptors (Lipinski definition) is 2. The molecule has 0 aromatic heterocycles. The van der Waals surface area contributed by atoms with Crippen LogP contribution in [0.25, 0.3) is 0 Å². The van der Waals surface area contributed by atoms with Gasteiger partial charge in [0, 0.05) is 6.54 Å². The van der Waals surface area contributed by atoms with Crippen LogP contribution in [0.1, 0.15) is 0 Å². The minimum atomic E-state index is 0.412. The summed E-state index contributed by atoms with van der Waals surface area (Å²) in [5.74, 6) is 0. The first kappa shape index (κ1) is 8.24. The lowest BCUT2D eigenvalue weighted by Gasteiger charge is -1.71. The van der Waals surface area contributed by atoms with Gasteiger partial charge >= 0.3 is 0 Å². The summed E-state index contributed by atoms with van der Waals surface area (Å²) in [5, 5.41) is 0. The molecule has 0 saturated carbocycles. The molecule has 1 heterocycles. The molecule has 11 heavy (non-hydrogen) atoms. The highest BCUT2D eigenvalue weighted by molar-refractivity contribution is 4.99. The molecule has 0 radical (unpaired) electrons. The summed E-state index contributed by atoms with van der Waals surface area (Å²) in [7, 11) is 0. The van der Waals surface area contributed by atoms with Gasteiger partial charge in [0.2, 0.25) is 0 Å². The van der Waals surface area contributed by atoms with Crippen molar-refractivity contribution in [1.82, 2.24) is 0 Å². The number of ether oxygens (including phenoxy) is 1. The lowest BCUT2D eigenvalue weighted by molar-refractivity contribution is 0.412. The minimum Gasteiger partial charge on any atom is -0.372 e. The molecule has 1 aliphatic heterocycles. The Hall–Kier alpha value is -0.860. The predicted molar refractivity (Wildman–Crippen MR) is 45.2 cm³/mol. The summed E-state index contributed by atoms with van der Waals surface area (Å²) in [4.78, 5) is 0. The van der Waals surface area contributed by atoms with Gasteiger partial charge in [-0.15, -0.1) is 0 Å². The standard InChI is InChI=1S/C6H6.C3H7NO/c1-2-4-6-5-3-1;4-1-3-2-5-3/h1-6H;3H,1-2,4H2. The fourth-order valence-corrected chi connectivity index (χ4v) is 0.589. The summed E-state index contributed by atoms with van der Waals surface area (Å²) in [5.41, 5.74) is 5.11. The lowest BCUT2D eigenvalue weighted by Crippen LogP contribution is -2.05. The third-order valence-electron chi connectivity index (χ3n) is 1.33. The first-order valence-electron chi connectivity index (χ1n) is 3.75. The molecule has 2 heteroatoms. The van der Waals surface area contributed by atoms with Gasteiger partial charge in [-0.05, 0) is 0 Å². The molecule has 60 valence electrons. The molecule has 1 aromatic rings. The Labute approximate surface area is 67.0 Å². The van der Waals surface area contributed by atoms with Gasteiger partial charge in [0.1, 0.15) is 0 Å². The summed E-state index contributed by atoms with van der Waals surface area (Å²) >= 11 is 0. The van der Waals surface area contributed by atoms with Crippen molar-refractivity contribution in [3.63, 3.8) is 0 Å². The van der Waals surface area contributed by atoms with Crippen molar-refractivity contribution in [2.24, 2.45) is 5.73 Å². The second-order valence-electron chi connectivity index (χ2n) is 2.35. The summed E-state index contributed by atoms with van der Waals surface area (Å²) in [6.07, 6.45) is 0.412. The number of rotatable bonds is 1. The first-order valence-corrected chi connectivity index (χ1v) is 3.75. The third-order valence-corrected chi connectivity index (χ3v) is 1.33. The predicted octanol–water partition coefficient (Wildman–Crippen LogP) is 1.03. The Morgan fingerprint density at radius 2 is 1.45 bits per heavy atom. The summed E-state index contributed by atoms with van der Waals surface area (Å²) < 4.78 is 4.73. The Morgan fingerprint density at radius 1 is 1.09 bits per heavy atom. The fourth-order valence-electron chi connectivity index (χ4n) is 0.589. The first-order chi connectivity index (χ1) is 5.43. The van der Waals surface area contributed by atoms with Crippen molar-refractivity contribution >= 4 is 0 Å². The van der Waals surface area contributed by atoms with Crippen LogP contribution in [0.3, 0.4) is 0 Å². The highest BCUT2D eigenvalue weighted by atomic mass is 16.6. The molecule has 2 nitrogen and oxygen atoms in total. The van der Waals surface area contributed by atoms with E-state index in [1.54, 1.807) is 0 Å². The van der Waals surface area contributed by atoms with E-state index in [1.807, 2.05) is 36.4 Å². The van der Waals surface area contributed by atoms with Crippen LogP contribution in [0.5, 0.6) is 0 Å². The Kier molecular flexibility index (Phi) is 3.65. The second kappa shape index (κ2) is 4.88. The molecule has 1 saturated heterocycles. The average molecular weight is 151 g/mol. The monoisotopic (exact) mass is 151 g/mol. The lowest BCUT2D eigenvalue weighted by atomic mass is 10.4. The van der Waals surface area contributed by atoms with Crippen LogP contribution in [0.2, 0.25) is 0 Å². The Morgan fingerprint density at radius 3 is 1.55 bits per heavy atom. The minimum absolute atomic E-state index is 0.412. The third kappa shape index (κ3) is 4.53. The molecule has 2 rings (SSSR count). The zero-order chi connectivity index (χ0) is 7.94. The van der Waals surface area contributed by atoms with Gasteiger partial charge in [-0.2, -0.15) is 0 Å². The van der Waals surface area contributed by atoms with E-state index in [1.165, 1.54) is 0 Å². The smallest absolute Gasteiger partial charge is 0.0931 e. The molecule has 1 aromatic carbocycles. The van der Waals surface area contributed by atoms with Crippen molar-refractivity contribution in [3.05, 3.63) is 36.4 Å². The topological polar surface area (TPSA) is 38.5 Å². The molecule has 0 bridgehead atoms. The number of benzene rings is 1. The maximum absolute atomic E-state index is 5.11. The van der Waals surface area contributed by atoms with E-state index in [9.17, 15) is 0 Å². The number of epoxide rings is 1. The maximum Gasteiger partial charge on any atom is 0.0931 e. The van der Waals surface area contributed by atoms with Crippen LogP contribution in [-0.2, 0) is 4.74 Å². The zero-order valence-corrected chi connectivity index (χ0v) is 6.44. The van der Waals surface area contributed by atoms with E-state index in [2.05, 4.69) is 0 Å².